The van der Waals surface area contributed by atoms with Crippen LogP contribution < -0.4 is 5.32 Å². The number of rotatable bonds is 4. The van der Waals surface area contributed by atoms with Gasteiger partial charge in [0.15, 0.2) is 17.1 Å². The quantitative estimate of drug-likeness (QED) is 0.573. The summed E-state index contributed by atoms with van der Waals surface area (Å²) in [6, 6.07) is 4.40. The van der Waals surface area contributed by atoms with Gasteiger partial charge in [0, 0.05) is 12.2 Å². The maximum atomic E-state index is 4.92. The van der Waals surface area contributed by atoms with Gasteiger partial charge in [-0.2, -0.15) is 0 Å². The van der Waals surface area contributed by atoms with Gasteiger partial charge in [-0.25, -0.2) is 24.9 Å². The Kier molecular flexibility index (Phi) is 3.95. The lowest BCUT2D eigenvalue weighted by atomic mass is 9.95. The first-order chi connectivity index (χ1) is 13.3. The highest BCUT2D eigenvalue weighted by molar-refractivity contribution is 5.82. The Balaban J connectivity index is 1.56. The molecule has 4 aromatic rings. The Morgan fingerprint density at radius 3 is 2.93 bits per heavy atom. The summed E-state index contributed by atoms with van der Waals surface area (Å²) in [6.07, 6.45) is 11.2. The number of fused-ring (bicyclic) bond motifs is 2. The molecule has 1 fully saturated rings. The van der Waals surface area contributed by atoms with Crippen LogP contribution in [0.3, 0.4) is 0 Å². The molecule has 1 aliphatic carbocycles. The summed E-state index contributed by atoms with van der Waals surface area (Å²) in [6.45, 7) is 2.11. The van der Waals surface area contributed by atoms with Crippen LogP contribution in [0.15, 0.2) is 31.0 Å². The SMILES string of the molecule is C[C@H](Nc1ncnc2[nH]cnc12)c1nc2cccnc2n1C1CCCCC1. The van der Waals surface area contributed by atoms with Crippen LogP contribution in [-0.4, -0.2) is 34.5 Å². The fourth-order valence-corrected chi connectivity index (χ4v) is 4.09. The first kappa shape index (κ1) is 16.2. The number of aromatic amines is 1. The Hall–Kier alpha value is -3.03. The molecular formula is C19H22N8. The molecule has 0 spiro atoms. The van der Waals surface area contributed by atoms with Crippen molar-refractivity contribution in [3.63, 3.8) is 0 Å². The van der Waals surface area contributed by atoms with E-state index in [1.807, 2.05) is 18.3 Å². The minimum Gasteiger partial charge on any atom is -0.358 e. The molecule has 0 aliphatic heterocycles. The molecule has 4 heterocycles. The first-order valence-corrected chi connectivity index (χ1v) is 9.55. The van der Waals surface area contributed by atoms with Crippen LogP contribution in [0.4, 0.5) is 5.82 Å². The molecule has 4 aromatic heterocycles. The molecule has 2 N–H and O–H groups in total. The van der Waals surface area contributed by atoms with Crippen LogP contribution in [0.1, 0.15) is 56.9 Å². The minimum absolute atomic E-state index is 0.0315. The minimum atomic E-state index is -0.0315. The number of H-pyrrole nitrogens is 1. The third-order valence-electron chi connectivity index (χ3n) is 5.37. The van der Waals surface area contributed by atoms with E-state index >= 15 is 0 Å². The second-order valence-electron chi connectivity index (χ2n) is 7.17. The molecule has 1 atom stereocenters. The van der Waals surface area contributed by atoms with Crippen LogP contribution in [-0.2, 0) is 0 Å². The average Bonchev–Trinajstić information content (AvgIpc) is 3.34. The van der Waals surface area contributed by atoms with Crippen molar-refractivity contribution < 1.29 is 0 Å². The third kappa shape index (κ3) is 2.81. The van der Waals surface area contributed by atoms with E-state index in [1.54, 1.807) is 12.7 Å². The average molecular weight is 362 g/mol. The lowest BCUT2D eigenvalue weighted by Gasteiger charge is -2.27. The van der Waals surface area contributed by atoms with E-state index in [9.17, 15) is 0 Å². The second-order valence-corrected chi connectivity index (χ2v) is 7.17. The molecule has 8 nitrogen and oxygen atoms in total. The number of nitrogens with zero attached hydrogens (tertiary/aromatic N) is 6. The highest BCUT2D eigenvalue weighted by atomic mass is 15.2. The van der Waals surface area contributed by atoms with Crippen molar-refractivity contribution in [2.75, 3.05) is 5.32 Å². The predicted molar refractivity (Wildman–Crippen MR) is 103 cm³/mol. The fourth-order valence-electron chi connectivity index (χ4n) is 4.09. The normalized spacial score (nSPS) is 16.8. The Morgan fingerprint density at radius 2 is 2.04 bits per heavy atom. The maximum absolute atomic E-state index is 4.92. The van der Waals surface area contributed by atoms with E-state index in [0.717, 1.165) is 28.2 Å². The number of pyridine rings is 1. The van der Waals surface area contributed by atoms with E-state index in [2.05, 4.69) is 41.7 Å². The predicted octanol–water partition coefficient (Wildman–Crippen LogP) is 3.78. The van der Waals surface area contributed by atoms with Crippen LogP contribution >= 0.6 is 0 Å². The Labute approximate surface area is 156 Å². The van der Waals surface area contributed by atoms with Gasteiger partial charge in [0.2, 0.25) is 0 Å². The van der Waals surface area contributed by atoms with E-state index in [0.29, 0.717) is 11.9 Å². The topological polar surface area (TPSA) is 97.2 Å². The van der Waals surface area contributed by atoms with Gasteiger partial charge in [0.05, 0.1) is 12.4 Å². The van der Waals surface area contributed by atoms with Crippen molar-refractivity contribution in [2.24, 2.45) is 0 Å². The first-order valence-electron chi connectivity index (χ1n) is 9.55. The van der Waals surface area contributed by atoms with Crippen molar-refractivity contribution in [3.8, 4) is 0 Å². The van der Waals surface area contributed by atoms with Gasteiger partial charge in [-0.05, 0) is 31.9 Å². The van der Waals surface area contributed by atoms with Crippen LogP contribution in [0.2, 0.25) is 0 Å². The fraction of sp³-hybridized carbons (Fsp3) is 0.421. The zero-order valence-corrected chi connectivity index (χ0v) is 15.3. The van der Waals surface area contributed by atoms with Crippen molar-refractivity contribution in [1.29, 1.82) is 0 Å². The number of hydrogen-bond donors (Lipinski definition) is 2. The molecule has 5 rings (SSSR count). The van der Waals surface area contributed by atoms with Gasteiger partial charge in [0.1, 0.15) is 23.2 Å². The van der Waals surface area contributed by atoms with Gasteiger partial charge in [-0.15, -0.1) is 0 Å². The third-order valence-corrected chi connectivity index (χ3v) is 5.37. The van der Waals surface area contributed by atoms with E-state index in [-0.39, 0.29) is 6.04 Å². The monoisotopic (exact) mass is 362 g/mol. The van der Waals surface area contributed by atoms with Crippen molar-refractivity contribution in [2.45, 2.75) is 51.1 Å². The molecule has 0 saturated heterocycles. The molecule has 27 heavy (non-hydrogen) atoms. The highest BCUT2D eigenvalue weighted by Gasteiger charge is 2.25. The van der Waals surface area contributed by atoms with Gasteiger partial charge >= 0.3 is 0 Å². The van der Waals surface area contributed by atoms with Crippen molar-refractivity contribution in [1.82, 2.24) is 34.5 Å². The standard InChI is InChI=1S/C19H22N8/c1-12(25-17-15-16(22-10-21-15)23-11-24-17)18-26-14-8-5-9-20-19(14)27(18)13-6-3-2-4-7-13/h5,8-13H,2-4,6-7H2,1H3,(H2,21,22,23,24,25)/t12-/m0/s1. The molecule has 0 radical (unpaired) electrons. The number of hydrogen-bond acceptors (Lipinski definition) is 6. The summed E-state index contributed by atoms with van der Waals surface area (Å²) in [4.78, 5) is 25.5. The van der Waals surface area contributed by atoms with Crippen LogP contribution in [0, 0.1) is 0 Å². The second kappa shape index (κ2) is 6.61. The largest absolute Gasteiger partial charge is 0.358 e. The van der Waals surface area contributed by atoms with Crippen LogP contribution in [0.5, 0.6) is 0 Å². The number of aromatic nitrogens is 7. The lowest BCUT2D eigenvalue weighted by Crippen LogP contribution is -2.20. The molecule has 0 amide bonds. The summed E-state index contributed by atoms with van der Waals surface area (Å²) < 4.78 is 2.34. The summed E-state index contributed by atoms with van der Waals surface area (Å²) in [5.41, 5.74) is 3.38. The van der Waals surface area contributed by atoms with Crippen LogP contribution in [0.25, 0.3) is 22.3 Å². The Morgan fingerprint density at radius 1 is 1.15 bits per heavy atom. The molecule has 0 unspecified atom stereocenters. The van der Waals surface area contributed by atoms with E-state index in [1.165, 1.54) is 32.1 Å². The smallest absolute Gasteiger partial charge is 0.162 e. The van der Waals surface area contributed by atoms with E-state index in [4.69, 9.17) is 4.98 Å². The van der Waals surface area contributed by atoms with Gasteiger partial charge in [-0.1, -0.05) is 19.3 Å². The number of imidazole rings is 2. The summed E-state index contributed by atoms with van der Waals surface area (Å²) in [5.74, 6) is 1.71. The van der Waals surface area contributed by atoms with Gasteiger partial charge in [-0.3, -0.25) is 0 Å². The summed E-state index contributed by atoms with van der Waals surface area (Å²) in [7, 11) is 0. The zero-order chi connectivity index (χ0) is 18.2. The van der Waals surface area contributed by atoms with E-state index < -0.39 is 0 Å². The maximum Gasteiger partial charge on any atom is 0.162 e. The zero-order valence-electron chi connectivity index (χ0n) is 15.3. The highest BCUT2D eigenvalue weighted by Crippen LogP contribution is 2.34. The van der Waals surface area contributed by atoms with Crippen molar-refractivity contribution >= 4 is 28.1 Å². The molecule has 1 saturated carbocycles. The number of anilines is 1. The molecule has 138 valence electrons. The molecule has 0 bridgehead atoms. The summed E-state index contributed by atoms with van der Waals surface area (Å²) in [5, 5.41) is 3.48. The number of nitrogens with one attached hydrogen (secondary N) is 2. The lowest BCUT2D eigenvalue weighted by molar-refractivity contribution is 0.348. The molecule has 1 aliphatic rings. The Bertz CT molecular complexity index is 1080. The van der Waals surface area contributed by atoms with Gasteiger partial charge < -0.3 is 14.9 Å². The summed E-state index contributed by atoms with van der Waals surface area (Å²) >= 11 is 0. The molecule has 0 aromatic carbocycles. The molecule has 8 heteroatoms. The van der Waals surface area contributed by atoms with Gasteiger partial charge in [0.25, 0.3) is 0 Å². The van der Waals surface area contributed by atoms with Crippen molar-refractivity contribution in [3.05, 3.63) is 36.8 Å². The molecular weight excluding hydrogens is 340 g/mol.